The Kier molecular flexibility index (Phi) is 6.84. The molecule has 1 aromatic heterocycles. The zero-order valence-corrected chi connectivity index (χ0v) is 19.1. The van der Waals surface area contributed by atoms with Crippen LogP contribution in [0.25, 0.3) is 0 Å². The first kappa shape index (κ1) is 24.6. The normalized spacial score (nSPS) is 11.1. The van der Waals surface area contributed by atoms with E-state index >= 15 is 0 Å². The van der Waals surface area contributed by atoms with E-state index < -0.39 is 29.5 Å². The van der Waals surface area contributed by atoms with Gasteiger partial charge in [-0.25, -0.2) is 4.98 Å². The van der Waals surface area contributed by atoms with Gasteiger partial charge in [0, 0.05) is 34.0 Å². The number of nitrogens with one attached hydrogen (secondary N) is 1. The summed E-state index contributed by atoms with van der Waals surface area (Å²) in [6.07, 6.45) is -3.13. The number of hydrogen-bond acceptors (Lipinski definition) is 5. The second-order valence-electron chi connectivity index (χ2n) is 7.48. The lowest BCUT2D eigenvalue weighted by Crippen LogP contribution is -2.26. The number of nitrogens with zero attached hydrogens (tertiary/aromatic N) is 2. The molecule has 36 heavy (non-hydrogen) atoms. The molecule has 0 fully saturated rings. The number of primary amides is 1. The third-order valence-corrected chi connectivity index (χ3v) is 5.80. The van der Waals surface area contributed by atoms with Gasteiger partial charge >= 0.3 is 6.18 Å². The maximum atomic E-state index is 13.3. The third-order valence-electron chi connectivity index (χ3n) is 5.04. The number of thiazole rings is 1. The van der Waals surface area contributed by atoms with E-state index in [1.165, 1.54) is 66.9 Å². The summed E-state index contributed by atoms with van der Waals surface area (Å²) in [6.45, 7) is 0. The molecule has 182 valence electrons. The summed E-state index contributed by atoms with van der Waals surface area (Å²) in [5, 5.41) is 4.46. The Balaban J connectivity index is 1.58. The van der Waals surface area contributed by atoms with Crippen LogP contribution in [0.2, 0.25) is 0 Å². The molecule has 11 heteroatoms. The average Bonchev–Trinajstić information content (AvgIpc) is 3.38. The summed E-state index contributed by atoms with van der Waals surface area (Å²) in [5.74, 6) is -1.76. The molecule has 0 saturated carbocycles. The molecule has 0 saturated heterocycles. The minimum absolute atomic E-state index is 0.0106. The van der Waals surface area contributed by atoms with Crippen LogP contribution in [0.15, 0.2) is 84.4 Å². The zero-order chi connectivity index (χ0) is 25.9. The minimum Gasteiger partial charge on any atom is -0.366 e. The summed E-state index contributed by atoms with van der Waals surface area (Å²) in [6, 6.07) is 16.1. The molecular weight excluding hydrogens is 493 g/mol. The van der Waals surface area contributed by atoms with Gasteiger partial charge in [0.1, 0.15) is 0 Å². The van der Waals surface area contributed by atoms with Crippen molar-refractivity contribution in [1.82, 2.24) is 4.98 Å². The first-order valence-electron chi connectivity index (χ1n) is 10.4. The molecule has 0 aliphatic heterocycles. The number of halogens is 3. The predicted octanol–water partition coefficient (Wildman–Crippen LogP) is 5.49. The smallest absolute Gasteiger partial charge is 0.366 e. The van der Waals surface area contributed by atoms with Crippen molar-refractivity contribution in [1.29, 1.82) is 0 Å². The van der Waals surface area contributed by atoms with Crippen LogP contribution in [0.4, 0.5) is 29.7 Å². The van der Waals surface area contributed by atoms with E-state index in [0.29, 0.717) is 5.69 Å². The molecule has 0 aliphatic carbocycles. The number of hydrogen-bond donors (Lipinski definition) is 2. The van der Waals surface area contributed by atoms with Crippen molar-refractivity contribution in [2.45, 2.75) is 6.18 Å². The quantitative estimate of drug-likeness (QED) is 0.358. The van der Waals surface area contributed by atoms with Crippen LogP contribution in [0, 0.1) is 0 Å². The van der Waals surface area contributed by atoms with Crippen LogP contribution >= 0.6 is 11.3 Å². The number of alkyl halides is 3. The van der Waals surface area contributed by atoms with Gasteiger partial charge in [-0.3, -0.25) is 19.3 Å². The van der Waals surface area contributed by atoms with Gasteiger partial charge in [-0.1, -0.05) is 12.1 Å². The fourth-order valence-electron chi connectivity index (χ4n) is 3.30. The Hall–Kier alpha value is -4.51. The summed E-state index contributed by atoms with van der Waals surface area (Å²) in [7, 11) is 0. The zero-order valence-electron chi connectivity index (χ0n) is 18.3. The van der Waals surface area contributed by atoms with E-state index in [2.05, 4.69) is 10.3 Å². The number of amides is 3. The molecule has 7 nitrogen and oxygen atoms in total. The number of nitrogens with two attached hydrogens (primary N) is 1. The largest absolute Gasteiger partial charge is 0.416 e. The van der Waals surface area contributed by atoms with Crippen molar-refractivity contribution >= 4 is 45.6 Å². The van der Waals surface area contributed by atoms with E-state index in [0.717, 1.165) is 28.4 Å². The van der Waals surface area contributed by atoms with Gasteiger partial charge in [0.05, 0.1) is 11.3 Å². The first-order chi connectivity index (χ1) is 17.1. The van der Waals surface area contributed by atoms with Gasteiger partial charge < -0.3 is 11.1 Å². The summed E-state index contributed by atoms with van der Waals surface area (Å²) in [4.78, 5) is 42.4. The van der Waals surface area contributed by atoms with Gasteiger partial charge in [-0.2, -0.15) is 13.2 Å². The highest BCUT2D eigenvalue weighted by molar-refractivity contribution is 7.13. The molecule has 0 unspecified atom stereocenters. The van der Waals surface area contributed by atoms with Crippen molar-refractivity contribution in [2.75, 3.05) is 10.2 Å². The number of benzene rings is 3. The molecular formula is C25H17F3N4O3S. The van der Waals surface area contributed by atoms with Gasteiger partial charge in [0.15, 0.2) is 5.13 Å². The van der Waals surface area contributed by atoms with E-state index in [-0.39, 0.29) is 27.5 Å². The summed E-state index contributed by atoms with van der Waals surface area (Å²) >= 11 is 1.10. The van der Waals surface area contributed by atoms with Crippen molar-refractivity contribution in [2.24, 2.45) is 5.73 Å². The summed E-state index contributed by atoms with van der Waals surface area (Å²) < 4.78 is 39.8. The number of anilines is 3. The van der Waals surface area contributed by atoms with Gasteiger partial charge in [-0.15, -0.1) is 11.3 Å². The van der Waals surface area contributed by atoms with E-state index in [1.54, 1.807) is 5.38 Å². The fraction of sp³-hybridized carbons (Fsp3) is 0.0400. The molecule has 4 rings (SSSR count). The van der Waals surface area contributed by atoms with Crippen molar-refractivity contribution < 1.29 is 27.6 Å². The maximum Gasteiger partial charge on any atom is 0.416 e. The molecule has 0 spiro atoms. The predicted molar refractivity (Wildman–Crippen MR) is 129 cm³/mol. The maximum absolute atomic E-state index is 13.3. The highest BCUT2D eigenvalue weighted by atomic mass is 32.1. The topological polar surface area (TPSA) is 105 Å². The van der Waals surface area contributed by atoms with Crippen molar-refractivity contribution in [3.05, 3.63) is 107 Å². The van der Waals surface area contributed by atoms with Crippen molar-refractivity contribution in [3.63, 3.8) is 0 Å². The molecule has 3 amide bonds. The van der Waals surface area contributed by atoms with Crippen molar-refractivity contribution in [3.8, 4) is 0 Å². The monoisotopic (exact) mass is 510 g/mol. The SMILES string of the molecule is NC(=O)c1cccc(C(=O)Nc2ccc(C(=O)N(c3cccc(C(F)(F)F)c3)c3nccs3)cc2)c1. The second-order valence-corrected chi connectivity index (χ2v) is 8.35. The van der Waals surface area contributed by atoms with Crippen LogP contribution in [0.3, 0.4) is 0 Å². The Morgan fingerprint density at radius 3 is 2.22 bits per heavy atom. The number of rotatable bonds is 6. The Bertz CT molecular complexity index is 1420. The standard InChI is InChI=1S/C25H17F3N4O3S/c26-25(27,28)18-5-2-6-20(14-18)32(24-30-11-12-36-24)23(35)15-7-9-19(10-8-15)31-22(34)17-4-1-3-16(13-17)21(29)33/h1-14H,(H2,29,33)(H,31,34). The highest BCUT2D eigenvalue weighted by Gasteiger charge is 2.32. The lowest BCUT2D eigenvalue weighted by Gasteiger charge is -2.21. The van der Waals surface area contributed by atoms with Crippen LogP contribution < -0.4 is 16.0 Å². The molecule has 1 heterocycles. The van der Waals surface area contributed by atoms with Crippen LogP contribution in [0.1, 0.15) is 36.6 Å². The third kappa shape index (κ3) is 5.41. The summed E-state index contributed by atoms with van der Waals surface area (Å²) in [5.41, 5.74) is 5.28. The molecule has 0 radical (unpaired) electrons. The molecule has 3 N–H and O–H groups in total. The fourth-order valence-corrected chi connectivity index (χ4v) is 3.96. The molecule has 3 aromatic carbocycles. The molecule has 0 atom stereocenters. The van der Waals surface area contributed by atoms with Gasteiger partial charge in [0.2, 0.25) is 5.91 Å². The lowest BCUT2D eigenvalue weighted by atomic mass is 10.1. The lowest BCUT2D eigenvalue weighted by molar-refractivity contribution is -0.137. The molecule has 4 aromatic rings. The van der Waals surface area contributed by atoms with E-state index in [4.69, 9.17) is 5.73 Å². The Morgan fingerprint density at radius 1 is 0.889 bits per heavy atom. The van der Waals surface area contributed by atoms with Crippen LogP contribution in [-0.4, -0.2) is 22.7 Å². The highest BCUT2D eigenvalue weighted by Crippen LogP contribution is 2.35. The molecule has 0 aliphatic rings. The average molecular weight is 510 g/mol. The van der Waals surface area contributed by atoms with Gasteiger partial charge in [0.25, 0.3) is 11.8 Å². The second kappa shape index (κ2) is 10.0. The van der Waals surface area contributed by atoms with E-state index in [9.17, 15) is 27.6 Å². The Labute approximate surface area is 207 Å². The number of carbonyl (C=O) groups is 3. The first-order valence-corrected chi connectivity index (χ1v) is 11.2. The van der Waals surface area contributed by atoms with E-state index in [1.807, 2.05) is 0 Å². The molecule has 0 bridgehead atoms. The minimum atomic E-state index is -4.58. The number of carbonyl (C=O) groups excluding carboxylic acids is 3. The van der Waals surface area contributed by atoms with Crippen LogP contribution in [0.5, 0.6) is 0 Å². The van der Waals surface area contributed by atoms with Crippen LogP contribution in [-0.2, 0) is 6.18 Å². The Morgan fingerprint density at radius 2 is 1.58 bits per heavy atom. The number of aromatic nitrogens is 1. The van der Waals surface area contributed by atoms with Gasteiger partial charge in [-0.05, 0) is 60.7 Å².